The number of nitriles is 1. The molecule has 4 fully saturated rings. The van der Waals surface area contributed by atoms with Crippen molar-refractivity contribution in [2.75, 3.05) is 18.0 Å². The van der Waals surface area contributed by atoms with Crippen molar-refractivity contribution in [2.45, 2.75) is 69.0 Å². The van der Waals surface area contributed by atoms with Gasteiger partial charge in [0.2, 0.25) is 11.8 Å². The number of carboxylic acid groups (broad SMARTS) is 1. The molecule has 4 N–H and O–H groups in total. The van der Waals surface area contributed by atoms with Gasteiger partial charge in [0.15, 0.2) is 6.29 Å². The highest BCUT2D eigenvalue weighted by Crippen LogP contribution is 2.57. The number of nitrogens with zero attached hydrogens (tertiary/aromatic N) is 6. The lowest BCUT2D eigenvalue weighted by atomic mass is 9.90. The fourth-order valence-electron chi connectivity index (χ4n) is 8.12. The zero-order valence-electron chi connectivity index (χ0n) is 28.8. The van der Waals surface area contributed by atoms with Crippen LogP contribution in [0.1, 0.15) is 55.0 Å². The van der Waals surface area contributed by atoms with E-state index in [1.807, 2.05) is 12.1 Å². The third kappa shape index (κ3) is 5.67. The smallest absolute Gasteiger partial charge is 0.353 e. The van der Waals surface area contributed by atoms with Crippen LogP contribution in [0.15, 0.2) is 72.7 Å². The molecule has 1 aromatic heterocycles. The minimum absolute atomic E-state index is 0.00885. The summed E-state index contributed by atoms with van der Waals surface area (Å²) in [5.41, 5.74) is 5.09. The zero-order valence-corrected chi connectivity index (χ0v) is 30.3. The van der Waals surface area contributed by atoms with Crippen LogP contribution in [0.4, 0.5) is 5.69 Å². The quantitative estimate of drug-likeness (QED) is 0.245. The number of primary amides is 1. The molecule has 3 unspecified atom stereocenters. The Morgan fingerprint density at radius 2 is 1.75 bits per heavy atom. The SMILES string of the molecule is C[C@@]1(Cc2ccc(C#N)cc2)C(=O)N(c2cc(Cl)cc(Cl)c2)C2N(C3CC3(C(N)=O)C(=O)NC3(c4cc(CN5CCC5)ccn4)CC3)C=C(C(=O)O)N21. The topological polar surface area (TPSA) is 176 Å². The molecule has 3 aliphatic heterocycles. The summed E-state index contributed by atoms with van der Waals surface area (Å²) in [5.74, 6) is -3.20. The third-order valence-electron chi connectivity index (χ3n) is 11.3. The molecule has 15 heteroatoms. The van der Waals surface area contributed by atoms with E-state index >= 15 is 0 Å². The highest BCUT2D eigenvalue weighted by atomic mass is 35.5. The summed E-state index contributed by atoms with van der Waals surface area (Å²) in [4.78, 5) is 66.9. The normalized spacial score (nSPS) is 26.7. The minimum Gasteiger partial charge on any atom is -0.477 e. The van der Waals surface area contributed by atoms with Crippen molar-refractivity contribution >= 4 is 52.6 Å². The van der Waals surface area contributed by atoms with Crippen LogP contribution in [0.25, 0.3) is 0 Å². The lowest BCUT2D eigenvalue weighted by molar-refractivity contribution is -0.138. The van der Waals surface area contributed by atoms with Crippen LogP contribution >= 0.6 is 23.2 Å². The van der Waals surface area contributed by atoms with E-state index in [4.69, 9.17) is 28.9 Å². The number of anilines is 1. The molecule has 0 bridgehead atoms. The molecular weight excluding hydrogens is 719 g/mol. The number of carbonyl (C=O) groups excluding carboxylic acids is 3. The molecule has 53 heavy (non-hydrogen) atoms. The summed E-state index contributed by atoms with van der Waals surface area (Å²) < 4.78 is 0. The molecule has 13 nitrogen and oxygen atoms in total. The van der Waals surface area contributed by atoms with E-state index in [0.717, 1.165) is 25.2 Å². The van der Waals surface area contributed by atoms with Crippen molar-refractivity contribution in [3.05, 3.63) is 105 Å². The molecule has 3 aromatic rings. The van der Waals surface area contributed by atoms with Crippen molar-refractivity contribution in [2.24, 2.45) is 11.1 Å². The Balaban J connectivity index is 1.15. The zero-order chi connectivity index (χ0) is 37.4. The predicted octanol–water partition coefficient (Wildman–Crippen LogP) is 3.69. The molecule has 2 aliphatic carbocycles. The average Bonchev–Trinajstić information content (AvgIpc) is 4.00. The lowest BCUT2D eigenvalue weighted by Crippen LogP contribution is -2.53. The summed E-state index contributed by atoms with van der Waals surface area (Å²) in [6.45, 7) is 4.51. The second kappa shape index (κ2) is 12.5. The van der Waals surface area contributed by atoms with E-state index < -0.39 is 52.5 Å². The van der Waals surface area contributed by atoms with Gasteiger partial charge < -0.3 is 26.0 Å². The van der Waals surface area contributed by atoms with Gasteiger partial charge in [-0.25, -0.2) is 4.79 Å². The number of nitrogens with two attached hydrogens (primary N) is 1. The Labute approximate surface area is 315 Å². The lowest BCUT2D eigenvalue weighted by Gasteiger charge is -2.37. The first-order valence-corrected chi connectivity index (χ1v) is 18.2. The minimum atomic E-state index is -1.73. The molecule has 2 saturated carbocycles. The largest absolute Gasteiger partial charge is 0.477 e. The van der Waals surface area contributed by atoms with E-state index in [1.165, 1.54) is 28.5 Å². The summed E-state index contributed by atoms with van der Waals surface area (Å²) >= 11 is 12.9. The second-order valence-corrected chi connectivity index (χ2v) is 15.7. The Morgan fingerprint density at radius 1 is 1.06 bits per heavy atom. The first-order chi connectivity index (χ1) is 25.3. The van der Waals surface area contributed by atoms with E-state index in [9.17, 15) is 29.5 Å². The number of benzene rings is 2. The van der Waals surface area contributed by atoms with Crippen LogP contribution < -0.4 is 16.0 Å². The van der Waals surface area contributed by atoms with E-state index in [-0.39, 0.29) is 28.6 Å². The molecule has 4 atom stereocenters. The van der Waals surface area contributed by atoms with Crippen molar-refractivity contribution < 1.29 is 24.3 Å². The van der Waals surface area contributed by atoms with Crippen LogP contribution in [-0.4, -0.2) is 79.4 Å². The number of halogens is 2. The predicted molar refractivity (Wildman–Crippen MR) is 194 cm³/mol. The number of fused-ring (bicyclic) bond motifs is 1. The van der Waals surface area contributed by atoms with Gasteiger partial charge in [-0.15, -0.1) is 0 Å². The number of aromatic nitrogens is 1. The fraction of sp³-hybridized carbons (Fsp3) is 0.368. The number of rotatable bonds is 11. The molecule has 4 heterocycles. The summed E-state index contributed by atoms with van der Waals surface area (Å²) in [6, 6.07) is 16.5. The highest BCUT2D eigenvalue weighted by molar-refractivity contribution is 6.35. The third-order valence-corrected chi connectivity index (χ3v) is 11.8. The number of aliphatic carboxylic acids is 1. The monoisotopic (exact) mass is 754 g/mol. The number of hydrogen-bond acceptors (Lipinski definition) is 9. The van der Waals surface area contributed by atoms with E-state index in [0.29, 0.717) is 35.3 Å². The second-order valence-electron chi connectivity index (χ2n) is 14.8. The van der Waals surface area contributed by atoms with Crippen molar-refractivity contribution in [3.63, 3.8) is 0 Å². The Bertz CT molecular complexity index is 2130. The average molecular weight is 756 g/mol. The fourth-order valence-corrected chi connectivity index (χ4v) is 8.63. The number of carboxylic acids is 1. The van der Waals surface area contributed by atoms with Gasteiger partial charge in [0, 0.05) is 35.4 Å². The van der Waals surface area contributed by atoms with Gasteiger partial charge in [-0.2, -0.15) is 5.26 Å². The highest BCUT2D eigenvalue weighted by Gasteiger charge is 2.73. The maximum Gasteiger partial charge on any atom is 0.353 e. The number of nitrogens with one attached hydrogen (secondary N) is 1. The number of carbonyl (C=O) groups is 4. The van der Waals surface area contributed by atoms with Gasteiger partial charge in [0.25, 0.3) is 5.91 Å². The molecule has 272 valence electrons. The van der Waals surface area contributed by atoms with Crippen LogP contribution in [-0.2, 0) is 37.7 Å². The van der Waals surface area contributed by atoms with Crippen molar-refractivity contribution in [1.82, 2.24) is 25.0 Å². The van der Waals surface area contributed by atoms with E-state index in [2.05, 4.69) is 21.3 Å². The van der Waals surface area contributed by atoms with Crippen LogP contribution in [0.2, 0.25) is 10.0 Å². The van der Waals surface area contributed by atoms with Crippen molar-refractivity contribution in [1.29, 1.82) is 5.26 Å². The van der Waals surface area contributed by atoms with Crippen LogP contribution in [0, 0.1) is 16.7 Å². The number of hydrogen-bond donors (Lipinski definition) is 3. The van der Waals surface area contributed by atoms with Gasteiger partial charge in [-0.05, 0) is 99.3 Å². The van der Waals surface area contributed by atoms with Crippen molar-refractivity contribution in [3.8, 4) is 6.07 Å². The van der Waals surface area contributed by atoms with Gasteiger partial charge >= 0.3 is 5.97 Å². The van der Waals surface area contributed by atoms with Gasteiger partial charge in [-0.1, -0.05) is 35.3 Å². The van der Waals surface area contributed by atoms with Gasteiger partial charge in [-0.3, -0.25) is 29.2 Å². The first-order valence-electron chi connectivity index (χ1n) is 17.4. The maximum atomic E-state index is 14.8. The Morgan fingerprint density at radius 3 is 2.34 bits per heavy atom. The van der Waals surface area contributed by atoms with Gasteiger partial charge in [0.1, 0.15) is 16.7 Å². The summed E-state index contributed by atoms with van der Waals surface area (Å²) in [6.07, 6.45) is 4.48. The maximum absolute atomic E-state index is 14.8. The molecule has 2 saturated heterocycles. The molecule has 5 aliphatic rings. The Kier molecular flexibility index (Phi) is 8.21. The number of likely N-dealkylation sites (tertiary alicyclic amines) is 1. The standard InChI is InChI=1S/C38H36Cl2N8O5/c1-36(17-22-3-5-23(19-41)6-4-22)34(53)47(27-15-25(39)14-26(40)16-27)35-46(21-28(31(49)50)48(35)36)30-18-38(30,32(42)51)33(52)44-37(8-9-37)29-13-24(7-10-43-29)20-45-11-2-12-45/h3-7,10,13-16,21,30,35H,2,8-9,11-12,17-18,20H2,1H3,(H2,42,51)(H,44,52)(H,49,50)/t30?,35?,36-,38?/m1/s1. The number of amides is 3. The molecule has 0 radical (unpaired) electrons. The number of pyridine rings is 1. The molecule has 2 aromatic carbocycles. The molecule has 8 rings (SSSR count). The summed E-state index contributed by atoms with van der Waals surface area (Å²) in [7, 11) is 0. The first kappa shape index (κ1) is 34.9. The molecular formula is C38H36Cl2N8O5. The van der Waals surface area contributed by atoms with Crippen LogP contribution in [0.5, 0.6) is 0 Å². The summed E-state index contributed by atoms with van der Waals surface area (Å²) in [5, 5.41) is 23.5. The van der Waals surface area contributed by atoms with Gasteiger partial charge in [0.05, 0.1) is 34.6 Å². The Hall–Kier alpha value is -5.16. The molecule has 3 amide bonds. The molecule has 0 spiro atoms. The van der Waals surface area contributed by atoms with E-state index in [1.54, 1.807) is 54.4 Å². The van der Waals surface area contributed by atoms with Crippen LogP contribution in [0.3, 0.4) is 0 Å².